The molecule has 0 bridgehead atoms. The van der Waals surface area contributed by atoms with Gasteiger partial charge in [0.15, 0.2) is 0 Å². The molecule has 18 heavy (non-hydrogen) atoms. The lowest BCUT2D eigenvalue weighted by Crippen LogP contribution is -1.98. The van der Waals surface area contributed by atoms with E-state index in [2.05, 4.69) is 44.0 Å². The van der Waals surface area contributed by atoms with E-state index in [9.17, 15) is 0 Å². The molecule has 0 aromatic heterocycles. The second kappa shape index (κ2) is 7.00. The van der Waals surface area contributed by atoms with Gasteiger partial charge in [0.1, 0.15) is 11.5 Å². The first kappa shape index (κ1) is 13.7. The van der Waals surface area contributed by atoms with E-state index in [1.807, 2.05) is 24.3 Å². The van der Waals surface area contributed by atoms with Crippen LogP contribution in [0, 0.1) is 0 Å². The Bertz CT molecular complexity index is 467. The van der Waals surface area contributed by atoms with E-state index in [-0.39, 0.29) is 0 Å². The van der Waals surface area contributed by atoms with Crippen LogP contribution in [0.5, 0.6) is 11.5 Å². The lowest BCUT2D eigenvalue weighted by Gasteiger charge is -2.08. The summed E-state index contributed by atoms with van der Waals surface area (Å²) in [6.45, 7) is 1.36. The minimum Gasteiger partial charge on any atom is -0.493 e. The van der Waals surface area contributed by atoms with E-state index in [4.69, 9.17) is 9.47 Å². The van der Waals surface area contributed by atoms with Crippen LogP contribution in [0.4, 0.5) is 0 Å². The Morgan fingerprint density at radius 3 is 1.56 bits per heavy atom. The van der Waals surface area contributed by atoms with E-state index >= 15 is 0 Å². The summed E-state index contributed by atoms with van der Waals surface area (Å²) < 4.78 is 11.1. The SMILES string of the molecule is BrCCOc1ccc2cc(OCCBr)ccc2c1. The Balaban J connectivity index is 2.19. The molecule has 2 rings (SSSR count). The van der Waals surface area contributed by atoms with Crippen molar-refractivity contribution in [3.63, 3.8) is 0 Å². The molecule has 0 atom stereocenters. The molecule has 0 saturated heterocycles. The van der Waals surface area contributed by atoms with Gasteiger partial charge in [-0.2, -0.15) is 0 Å². The third kappa shape index (κ3) is 3.62. The first-order chi connectivity index (χ1) is 8.83. The minimum atomic E-state index is 0.679. The van der Waals surface area contributed by atoms with Crippen LogP contribution in [0.3, 0.4) is 0 Å². The summed E-state index contributed by atoms with van der Waals surface area (Å²) in [5.74, 6) is 1.80. The van der Waals surface area contributed by atoms with Crippen molar-refractivity contribution in [2.45, 2.75) is 0 Å². The molecule has 2 aromatic carbocycles. The molecule has 0 saturated carbocycles. The Morgan fingerprint density at radius 2 is 1.17 bits per heavy atom. The summed E-state index contributed by atoms with van der Waals surface area (Å²) >= 11 is 6.69. The number of halogens is 2. The van der Waals surface area contributed by atoms with Gasteiger partial charge in [-0.15, -0.1) is 0 Å². The summed E-state index contributed by atoms with van der Waals surface area (Å²) in [5.41, 5.74) is 0. The standard InChI is InChI=1S/C14H14Br2O2/c15-5-7-17-13-3-1-11-9-14(18-8-6-16)4-2-12(11)10-13/h1-4,9-10H,5-8H2. The van der Waals surface area contributed by atoms with Crippen molar-refractivity contribution < 1.29 is 9.47 Å². The van der Waals surface area contributed by atoms with Gasteiger partial charge in [0, 0.05) is 10.7 Å². The van der Waals surface area contributed by atoms with E-state index in [0.717, 1.165) is 32.9 Å². The molecule has 2 nitrogen and oxygen atoms in total. The van der Waals surface area contributed by atoms with Crippen LogP contribution < -0.4 is 9.47 Å². The molecule has 0 N–H and O–H groups in total. The number of ether oxygens (including phenoxy) is 2. The highest BCUT2D eigenvalue weighted by molar-refractivity contribution is 9.09. The molecule has 0 aliphatic carbocycles. The summed E-state index contributed by atoms with van der Waals surface area (Å²) in [6, 6.07) is 12.2. The van der Waals surface area contributed by atoms with Crippen molar-refractivity contribution >= 4 is 42.6 Å². The topological polar surface area (TPSA) is 18.5 Å². The van der Waals surface area contributed by atoms with Crippen molar-refractivity contribution in [1.29, 1.82) is 0 Å². The summed E-state index contributed by atoms with van der Waals surface area (Å²) in [6.07, 6.45) is 0. The lowest BCUT2D eigenvalue weighted by atomic mass is 10.1. The summed E-state index contributed by atoms with van der Waals surface area (Å²) in [5, 5.41) is 4.00. The number of fused-ring (bicyclic) bond motifs is 1. The molecule has 96 valence electrons. The van der Waals surface area contributed by atoms with Gasteiger partial charge in [0.05, 0.1) is 13.2 Å². The zero-order chi connectivity index (χ0) is 12.8. The second-order valence-electron chi connectivity index (χ2n) is 3.75. The Kier molecular flexibility index (Phi) is 5.32. The quantitative estimate of drug-likeness (QED) is 0.699. The van der Waals surface area contributed by atoms with Gasteiger partial charge in [-0.05, 0) is 35.0 Å². The van der Waals surface area contributed by atoms with Crippen LogP contribution in [0.15, 0.2) is 36.4 Å². The van der Waals surface area contributed by atoms with E-state index in [0.29, 0.717) is 13.2 Å². The first-order valence-corrected chi connectivity index (χ1v) is 7.99. The zero-order valence-corrected chi connectivity index (χ0v) is 13.0. The highest BCUT2D eigenvalue weighted by atomic mass is 79.9. The summed E-state index contributed by atoms with van der Waals surface area (Å²) in [7, 11) is 0. The van der Waals surface area contributed by atoms with Crippen molar-refractivity contribution in [3.05, 3.63) is 36.4 Å². The van der Waals surface area contributed by atoms with Gasteiger partial charge in [0.2, 0.25) is 0 Å². The second-order valence-corrected chi connectivity index (χ2v) is 5.33. The smallest absolute Gasteiger partial charge is 0.119 e. The largest absolute Gasteiger partial charge is 0.493 e. The maximum absolute atomic E-state index is 5.57. The fourth-order valence-corrected chi connectivity index (χ4v) is 2.02. The highest BCUT2D eigenvalue weighted by Gasteiger charge is 2.00. The number of rotatable bonds is 6. The molecule has 0 aliphatic rings. The first-order valence-electron chi connectivity index (χ1n) is 5.75. The van der Waals surface area contributed by atoms with Crippen molar-refractivity contribution in [1.82, 2.24) is 0 Å². The van der Waals surface area contributed by atoms with Gasteiger partial charge in [0.25, 0.3) is 0 Å². The normalized spacial score (nSPS) is 10.6. The third-order valence-corrected chi connectivity index (χ3v) is 3.12. The Labute approximate surface area is 124 Å². The monoisotopic (exact) mass is 372 g/mol. The fraction of sp³-hybridized carbons (Fsp3) is 0.286. The average Bonchev–Trinajstić information content (AvgIpc) is 2.42. The Hall–Kier alpha value is -0.740. The molecule has 0 aliphatic heterocycles. The number of hydrogen-bond donors (Lipinski definition) is 0. The van der Waals surface area contributed by atoms with Gasteiger partial charge in [-0.3, -0.25) is 0 Å². The van der Waals surface area contributed by atoms with Crippen LogP contribution in [-0.4, -0.2) is 23.9 Å². The molecule has 0 heterocycles. The molecule has 0 fully saturated rings. The van der Waals surface area contributed by atoms with Gasteiger partial charge >= 0.3 is 0 Å². The summed E-state index contributed by atoms with van der Waals surface area (Å²) in [4.78, 5) is 0. The molecule has 0 unspecified atom stereocenters. The molecular formula is C14H14Br2O2. The fourth-order valence-electron chi connectivity index (χ4n) is 1.69. The van der Waals surface area contributed by atoms with Crippen LogP contribution in [0.2, 0.25) is 0 Å². The molecule has 0 radical (unpaired) electrons. The molecule has 2 aromatic rings. The van der Waals surface area contributed by atoms with Crippen LogP contribution in [0.1, 0.15) is 0 Å². The van der Waals surface area contributed by atoms with Crippen LogP contribution in [0.25, 0.3) is 10.8 Å². The number of benzene rings is 2. The predicted octanol–water partition coefficient (Wildman–Crippen LogP) is 4.39. The minimum absolute atomic E-state index is 0.679. The highest BCUT2D eigenvalue weighted by Crippen LogP contribution is 2.25. The molecule has 0 amide bonds. The van der Waals surface area contributed by atoms with Gasteiger partial charge < -0.3 is 9.47 Å². The average molecular weight is 374 g/mol. The molecule has 4 heteroatoms. The van der Waals surface area contributed by atoms with Gasteiger partial charge in [-0.25, -0.2) is 0 Å². The van der Waals surface area contributed by atoms with E-state index in [1.54, 1.807) is 0 Å². The predicted molar refractivity (Wildman–Crippen MR) is 82.5 cm³/mol. The van der Waals surface area contributed by atoms with E-state index < -0.39 is 0 Å². The molecule has 0 spiro atoms. The van der Waals surface area contributed by atoms with Crippen molar-refractivity contribution in [2.75, 3.05) is 23.9 Å². The van der Waals surface area contributed by atoms with Crippen molar-refractivity contribution in [2.24, 2.45) is 0 Å². The molecular weight excluding hydrogens is 360 g/mol. The number of alkyl halides is 2. The Morgan fingerprint density at radius 1 is 0.722 bits per heavy atom. The van der Waals surface area contributed by atoms with Crippen LogP contribution >= 0.6 is 31.9 Å². The van der Waals surface area contributed by atoms with E-state index in [1.165, 1.54) is 0 Å². The zero-order valence-electron chi connectivity index (χ0n) is 9.86. The van der Waals surface area contributed by atoms with Crippen LogP contribution in [-0.2, 0) is 0 Å². The third-order valence-electron chi connectivity index (χ3n) is 2.47. The number of hydrogen-bond acceptors (Lipinski definition) is 2. The van der Waals surface area contributed by atoms with Crippen molar-refractivity contribution in [3.8, 4) is 11.5 Å². The lowest BCUT2D eigenvalue weighted by molar-refractivity contribution is 0.344. The van der Waals surface area contributed by atoms with Gasteiger partial charge in [-0.1, -0.05) is 44.0 Å². The maximum atomic E-state index is 5.57. The maximum Gasteiger partial charge on any atom is 0.119 e.